The monoisotopic (exact) mass is 877 g/mol. The molecule has 14 rings (SSSR count). The molecule has 0 aliphatic carbocycles. The van der Waals surface area contributed by atoms with Gasteiger partial charge in [0, 0.05) is 49.4 Å². The molecule has 0 bridgehead atoms. The Balaban J connectivity index is 0.910. The minimum atomic E-state index is 1.13. The fraction of sp³-hybridized carbons (Fsp3) is 0. The molecule has 0 saturated heterocycles. The van der Waals surface area contributed by atoms with Crippen molar-refractivity contribution >= 4 is 65.4 Å². The summed E-state index contributed by atoms with van der Waals surface area (Å²) >= 11 is 0. The zero-order valence-electron chi connectivity index (χ0n) is 37.7. The van der Waals surface area contributed by atoms with Gasteiger partial charge in [-0.1, -0.05) is 170 Å². The van der Waals surface area contributed by atoms with E-state index in [4.69, 9.17) is 0 Å². The number of nitrogens with zero attached hydrogens (tertiary/aromatic N) is 3. The van der Waals surface area contributed by atoms with E-state index in [9.17, 15) is 0 Å². The molecule has 0 aliphatic rings. The summed E-state index contributed by atoms with van der Waals surface area (Å²) < 4.78 is 7.29. The maximum Gasteiger partial charge on any atom is 0.0542 e. The zero-order chi connectivity index (χ0) is 45.4. The summed E-state index contributed by atoms with van der Waals surface area (Å²) in [5, 5.41) is 7.39. The average Bonchev–Trinajstić information content (AvgIpc) is 4.06. The summed E-state index contributed by atoms with van der Waals surface area (Å²) in [6.07, 6.45) is 0. The summed E-state index contributed by atoms with van der Waals surface area (Å²) in [6, 6.07) is 95.5. The molecule has 0 spiro atoms. The average molecular weight is 878 g/mol. The van der Waals surface area contributed by atoms with Gasteiger partial charge in [-0.15, -0.1) is 0 Å². The van der Waals surface area contributed by atoms with Crippen LogP contribution in [0.15, 0.2) is 261 Å². The van der Waals surface area contributed by atoms with Gasteiger partial charge in [-0.2, -0.15) is 0 Å². The van der Waals surface area contributed by atoms with Gasteiger partial charge in [0.05, 0.1) is 33.1 Å². The van der Waals surface area contributed by atoms with Crippen LogP contribution in [0.5, 0.6) is 0 Å². The van der Waals surface area contributed by atoms with Crippen molar-refractivity contribution in [2.45, 2.75) is 0 Å². The lowest BCUT2D eigenvalue weighted by Gasteiger charge is -2.11. The molecule has 3 aromatic heterocycles. The molecule has 11 aromatic carbocycles. The largest absolute Gasteiger partial charge is 0.309 e. The van der Waals surface area contributed by atoms with Crippen LogP contribution < -0.4 is 0 Å². The topological polar surface area (TPSA) is 14.8 Å². The lowest BCUT2D eigenvalue weighted by atomic mass is 10.0. The van der Waals surface area contributed by atoms with Gasteiger partial charge in [0.25, 0.3) is 0 Å². The number of fused-ring (bicyclic) bond motifs is 9. The molecule has 0 radical (unpaired) electrons. The predicted octanol–water partition coefficient (Wildman–Crippen LogP) is 17.6. The van der Waals surface area contributed by atoms with Crippen molar-refractivity contribution in [2.75, 3.05) is 0 Å². The molecule has 0 saturated carbocycles. The van der Waals surface area contributed by atoms with Crippen molar-refractivity contribution in [3.05, 3.63) is 261 Å². The molecular formula is C66H43N3. The highest BCUT2D eigenvalue weighted by atomic mass is 15.0. The van der Waals surface area contributed by atoms with Gasteiger partial charge in [0.15, 0.2) is 0 Å². The summed E-state index contributed by atoms with van der Waals surface area (Å²) in [6.45, 7) is 0. The first-order chi connectivity index (χ1) is 34.2. The Labute approximate surface area is 399 Å². The van der Waals surface area contributed by atoms with Crippen LogP contribution in [0.1, 0.15) is 0 Å². The van der Waals surface area contributed by atoms with Gasteiger partial charge in [0.2, 0.25) is 0 Å². The van der Waals surface area contributed by atoms with Crippen molar-refractivity contribution in [3.63, 3.8) is 0 Å². The quantitative estimate of drug-likeness (QED) is 0.152. The third-order valence-electron chi connectivity index (χ3n) is 14.2. The van der Waals surface area contributed by atoms with Crippen LogP contribution in [0.2, 0.25) is 0 Å². The van der Waals surface area contributed by atoms with Crippen molar-refractivity contribution in [1.29, 1.82) is 0 Å². The molecule has 3 heterocycles. The second-order valence-electron chi connectivity index (χ2n) is 18.1. The van der Waals surface area contributed by atoms with Gasteiger partial charge in [-0.3, -0.25) is 0 Å². The molecular weight excluding hydrogens is 835 g/mol. The number of hydrogen-bond donors (Lipinski definition) is 0. The summed E-state index contributed by atoms with van der Waals surface area (Å²) in [5.41, 5.74) is 20.2. The minimum absolute atomic E-state index is 1.13. The molecule has 0 N–H and O–H groups in total. The van der Waals surface area contributed by atoms with E-state index in [1.807, 2.05) is 0 Å². The molecule has 322 valence electrons. The predicted molar refractivity (Wildman–Crippen MR) is 291 cm³/mol. The molecule has 0 amide bonds. The number of aromatic nitrogens is 3. The van der Waals surface area contributed by atoms with Crippen LogP contribution >= 0.6 is 0 Å². The van der Waals surface area contributed by atoms with Crippen LogP contribution in [0.4, 0.5) is 0 Å². The molecule has 3 nitrogen and oxygen atoms in total. The highest BCUT2D eigenvalue weighted by molar-refractivity contribution is 6.14. The second kappa shape index (κ2) is 15.7. The van der Waals surface area contributed by atoms with E-state index in [0.29, 0.717) is 0 Å². The van der Waals surface area contributed by atoms with Crippen molar-refractivity contribution in [2.24, 2.45) is 0 Å². The van der Waals surface area contributed by atoms with E-state index in [-0.39, 0.29) is 0 Å². The van der Waals surface area contributed by atoms with Gasteiger partial charge in [-0.25, -0.2) is 0 Å². The Bertz CT molecular complexity index is 4270. The summed E-state index contributed by atoms with van der Waals surface area (Å²) in [4.78, 5) is 0. The summed E-state index contributed by atoms with van der Waals surface area (Å²) in [5.74, 6) is 0. The molecule has 14 aromatic rings. The van der Waals surface area contributed by atoms with Crippen LogP contribution in [-0.4, -0.2) is 13.7 Å². The Hall–Kier alpha value is -9.18. The van der Waals surface area contributed by atoms with E-state index < -0.39 is 0 Å². The first-order valence-electron chi connectivity index (χ1n) is 23.7. The Morgan fingerprint density at radius 2 is 0.464 bits per heavy atom. The first-order valence-corrected chi connectivity index (χ1v) is 23.7. The third kappa shape index (κ3) is 6.36. The van der Waals surface area contributed by atoms with Gasteiger partial charge in [0.1, 0.15) is 0 Å². The van der Waals surface area contributed by atoms with Gasteiger partial charge < -0.3 is 13.7 Å². The minimum Gasteiger partial charge on any atom is -0.309 e. The fourth-order valence-corrected chi connectivity index (χ4v) is 11.0. The highest BCUT2D eigenvalue weighted by Crippen LogP contribution is 2.41. The maximum absolute atomic E-state index is 2.45. The normalized spacial score (nSPS) is 11.8. The first kappa shape index (κ1) is 39.0. The van der Waals surface area contributed by atoms with Crippen LogP contribution in [-0.2, 0) is 0 Å². The van der Waals surface area contributed by atoms with Crippen LogP contribution in [0.3, 0.4) is 0 Å². The standard InChI is InChI=1S/C66H43N3/c1-4-15-44(16-5-1)47-27-32-52(33-28-47)67-65-35-29-49(46-19-8-3-9-20-46)40-59(65)60-43-54(34-38-66(60)67)69-62-26-13-11-24-56(62)58-42-51(31-37-64(58)69)50-30-36-63-57(41-50)55-23-10-12-25-61(55)68(63)53-22-14-21-48(39-53)45-17-6-2-7-18-45/h1-43H. The van der Waals surface area contributed by atoms with E-state index in [1.165, 1.54) is 110 Å². The van der Waals surface area contributed by atoms with E-state index in [0.717, 1.165) is 17.1 Å². The highest BCUT2D eigenvalue weighted by Gasteiger charge is 2.19. The number of hydrogen-bond acceptors (Lipinski definition) is 0. The zero-order valence-corrected chi connectivity index (χ0v) is 37.7. The maximum atomic E-state index is 2.45. The van der Waals surface area contributed by atoms with Crippen LogP contribution in [0.25, 0.3) is 127 Å². The molecule has 69 heavy (non-hydrogen) atoms. The van der Waals surface area contributed by atoms with Gasteiger partial charge >= 0.3 is 0 Å². The molecule has 0 unspecified atom stereocenters. The number of para-hydroxylation sites is 2. The van der Waals surface area contributed by atoms with Crippen molar-refractivity contribution in [3.8, 4) is 61.6 Å². The lowest BCUT2D eigenvalue weighted by Crippen LogP contribution is -1.96. The smallest absolute Gasteiger partial charge is 0.0542 e. The SMILES string of the molecule is c1ccc(-c2ccc(-n3c4ccc(-c5ccccc5)cc4c4cc(-n5c6ccccc6c6cc(-c7ccc8c(c7)c7ccccc7n8-c7cccc(-c8ccccc8)c7)ccc65)ccc43)cc2)cc1. The Morgan fingerprint density at radius 1 is 0.159 bits per heavy atom. The fourth-order valence-electron chi connectivity index (χ4n) is 11.0. The summed E-state index contributed by atoms with van der Waals surface area (Å²) in [7, 11) is 0. The van der Waals surface area contributed by atoms with Crippen molar-refractivity contribution < 1.29 is 0 Å². The van der Waals surface area contributed by atoms with Crippen molar-refractivity contribution in [1.82, 2.24) is 13.7 Å². The van der Waals surface area contributed by atoms with Crippen LogP contribution in [0, 0.1) is 0 Å². The number of rotatable bonds is 7. The molecule has 0 atom stereocenters. The van der Waals surface area contributed by atoms with E-state index in [1.54, 1.807) is 0 Å². The van der Waals surface area contributed by atoms with E-state index >= 15 is 0 Å². The van der Waals surface area contributed by atoms with E-state index in [2.05, 4.69) is 275 Å². The molecule has 3 heteroatoms. The Morgan fingerprint density at radius 3 is 0.986 bits per heavy atom. The lowest BCUT2D eigenvalue weighted by molar-refractivity contribution is 1.17. The molecule has 0 fully saturated rings. The Kier molecular flexibility index (Phi) is 8.90. The third-order valence-corrected chi connectivity index (χ3v) is 14.2. The second-order valence-corrected chi connectivity index (χ2v) is 18.1. The molecule has 0 aliphatic heterocycles. The number of benzene rings is 11. The van der Waals surface area contributed by atoms with Gasteiger partial charge in [-0.05, 0) is 136 Å².